The molecule has 1 aromatic heterocycles. The molecular formula is C12H18N4O3. The van der Waals surface area contributed by atoms with Crippen molar-refractivity contribution in [1.82, 2.24) is 9.13 Å². The minimum absolute atomic E-state index is 0.0125. The number of nitrogens with one attached hydrogen (secondary N) is 1. The van der Waals surface area contributed by atoms with Gasteiger partial charge in [-0.15, -0.1) is 0 Å². The molecule has 104 valence electrons. The standard InChI is InChI=1S/C12H18N4O3/c1-15-9(13)8(11(18)16(2)12(15)19)14-10(17)7-5-3-4-6-7/h7H,3-6,13H2,1-2H3,(H,14,17). The van der Waals surface area contributed by atoms with Gasteiger partial charge in [-0.05, 0) is 12.8 Å². The van der Waals surface area contributed by atoms with E-state index in [0.717, 1.165) is 34.8 Å². The van der Waals surface area contributed by atoms with Crippen molar-refractivity contribution in [3.63, 3.8) is 0 Å². The number of amides is 1. The Morgan fingerprint density at radius 2 is 1.79 bits per heavy atom. The molecule has 2 rings (SSSR count). The second-order valence-electron chi connectivity index (χ2n) is 4.94. The zero-order valence-electron chi connectivity index (χ0n) is 11.1. The second-order valence-corrected chi connectivity index (χ2v) is 4.94. The first-order valence-corrected chi connectivity index (χ1v) is 6.30. The van der Waals surface area contributed by atoms with E-state index in [4.69, 9.17) is 5.73 Å². The number of nitrogens with zero attached hydrogens (tertiary/aromatic N) is 2. The molecule has 0 spiro atoms. The lowest BCUT2D eigenvalue weighted by Gasteiger charge is -2.14. The maximum Gasteiger partial charge on any atom is 0.332 e. The van der Waals surface area contributed by atoms with Crippen LogP contribution in [-0.2, 0) is 18.9 Å². The maximum absolute atomic E-state index is 12.0. The zero-order valence-corrected chi connectivity index (χ0v) is 11.1. The van der Waals surface area contributed by atoms with E-state index in [9.17, 15) is 14.4 Å². The van der Waals surface area contributed by atoms with Crippen LogP contribution in [0.3, 0.4) is 0 Å². The molecule has 0 aliphatic heterocycles. The minimum Gasteiger partial charge on any atom is -0.383 e. The topological polar surface area (TPSA) is 99.1 Å². The largest absolute Gasteiger partial charge is 0.383 e. The molecule has 1 saturated carbocycles. The van der Waals surface area contributed by atoms with Crippen molar-refractivity contribution < 1.29 is 4.79 Å². The van der Waals surface area contributed by atoms with Gasteiger partial charge in [-0.1, -0.05) is 12.8 Å². The Morgan fingerprint density at radius 3 is 2.37 bits per heavy atom. The van der Waals surface area contributed by atoms with Crippen molar-refractivity contribution in [2.24, 2.45) is 20.0 Å². The summed E-state index contributed by atoms with van der Waals surface area (Å²) in [6.07, 6.45) is 3.72. The Morgan fingerprint density at radius 1 is 1.21 bits per heavy atom. The number of rotatable bonds is 2. The van der Waals surface area contributed by atoms with Crippen LogP contribution in [0.15, 0.2) is 9.59 Å². The lowest BCUT2D eigenvalue weighted by Crippen LogP contribution is -2.40. The SMILES string of the molecule is Cn1c(N)c(NC(=O)C2CCCC2)c(=O)n(C)c1=O. The maximum atomic E-state index is 12.0. The molecule has 0 bridgehead atoms. The molecule has 0 saturated heterocycles. The summed E-state index contributed by atoms with van der Waals surface area (Å²) in [5.41, 5.74) is 4.63. The van der Waals surface area contributed by atoms with Crippen LogP contribution in [0, 0.1) is 5.92 Å². The summed E-state index contributed by atoms with van der Waals surface area (Å²) in [5, 5.41) is 2.57. The Balaban J connectivity index is 2.38. The van der Waals surface area contributed by atoms with Crippen LogP contribution in [0.2, 0.25) is 0 Å². The van der Waals surface area contributed by atoms with E-state index in [0.29, 0.717) is 0 Å². The van der Waals surface area contributed by atoms with E-state index >= 15 is 0 Å². The first-order chi connectivity index (χ1) is 8.93. The Labute approximate surface area is 110 Å². The zero-order chi connectivity index (χ0) is 14.2. The molecular weight excluding hydrogens is 248 g/mol. The van der Waals surface area contributed by atoms with Gasteiger partial charge in [0.2, 0.25) is 5.91 Å². The molecule has 1 amide bonds. The quantitative estimate of drug-likeness (QED) is 0.774. The van der Waals surface area contributed by atoms with Crippen molar-refractivity contribution in [1.29, 1.82) is 0 Å². The number of aromatic nitrogens is 2. The molecule has 7 nitrogen and oxygen atoms in total. The molecule has 7 heteroatoms. The summed E-state index contributed by atoms with van der Waals surface area (Å²) in [4.78, 5) is 35.6. The van der Waals surface area contributed by atoms with Gasteiger partial charge in [0.15, 0.2) is 0 Å². The summed E-state index contributed by atoms with van der Waals surface area (Å²) in [6.45, 7) is 0. The molecule has 3 N–H and O–H groups in total. The fourth-order valence-corrected chi connectivity index (χ4v) is 2.39. The number of nitrogen functional groups attached to an aromatic ring is 1. The van der Waals surface area contributed by atoms with E-state index < -0.39 is 11.2 Å². The summed E-state index contributed by atoms with van der Waals surface area (Å²) in [6, 6.07) is 0. The van der Waals surface area contributed by atoms with E-state index in [2.05, 4.69) is 5.32 Å². The Kier molecular flexibility index (Phi) is 3.46. The molecule has 0 unspecified atom stereocenters. The molecule has 1 aliphatic rings. The third-order valence-electron chi connectivity index (χ3n) is 3.68. The molecule has 1 aromatic rings. The predicted octanol–water partition coefficient (Wildman–Crippen LogP) is -0.205. The normalized spacial score (nSPS) is 15.7. The van der Waals surface area contributed by atoms with Crippen molar-refractivity contribution >= 4 is 17.4 Å². The summed E-state index contributed by atoms with van der Waals surface area (Å²) >= 11 is 0. The predicted molar refractivity (Wildman–Crippen MR) is 71.9 cm³/mol. The average Bonchev–Trinajstić information content (AvgIpc) is 2.93. The summed E-state index contributed by atoms with van der Waals surface area (Å²) in [7, 11) is 2.82. The van der Waals surface area contributed by atoms with Gasteiger partial charge < -0.3 is 11.1 Å². The molecule has 0 aromatic carbocycles. The summed E-state index contributed by atoms with van der Waals surface area (Å²) < 4.78 is 2.08. The van der Waals surface area contributed by atoms with Gasteiger partial charge in [-0.25, -0.2) is 4.79 Å². The highest BCUT2D eigenvalue weighted by atomic mass is 16.2. The van der Waals surface area contributed by atoms with Crippen LogP contribution in [0.5, 0.6) is 0 Å². The number of carbonyl (C=O) groups is 1. The van der Waals surface area contributed by atoms with Crippen LogP contribution < -0.4 is 22.3 Å². The second kappa shape index (κ2) is 4.91. The monoisotopic (exact) mass is 266 g/mol. The van der Waals surface area contributed by atoms with E-state index in [1.165, 1.54) is 14.1 Å². The number of hydrogen-bond acceptors (Lipinski definition) is 4. The first-order valence-electron chi connectivity index (χ1n) is 6.30. The fourth-order valence-electron chi connectivity index (χ4n) is 2.39. The number of anilines is 2. The molecule has 0 atom stereocenters. The minimum atomic E-state index is -0.577. The third kappa shape index (κ3) is 2.27. The van der Waals surface area contributed by atoms with Crippen LogP contribution in [0.4, 0.5) is 11.5 Å². The average molecular weight is 266 g/mol. The van der Waals surface area contributed by atoms with Gasteiger partial charge in [0.25, 0.3) is 5.56 Å². The number of nitrogens with two attached hydrogens (primary N) is 1. The smallest absolute Gasteiger partial charge is 0.332 e. The molecule has 1 aliphatic carbocycles. The van der Waals surface area contributed by atoms with E-state index in [1.807, 2.05) is 0 Å². The highest BCUT2D eigenvalue weighted by Crippen LogP contribution is 2.26. The van der Waals surface area contributed by atoms with Crippen molar-refractivity contribution in [3.05, 3.63) is 20.8 Å². The molecule has 1 heterocycles. The third-order valence-corrected chi connectivity index (χ3v) is 3.68. The van der Waals surface area contributed by atoms with E-state index in [1.54, 1.807) is 0 Å². The van der Waals surface area contributed by atoms with Crippen LogP contribution in [0.1, 0.15) is 25.7 Å². The number of hydrogen-bond donors (Lipinski definition) is 2. The van der Waals surface area contributed by atoms with Gasteiger partial charge >= 0.3 is 5.69 Å². The number of carbonyl (C=O) groups excluding carboxylic acids is 1. The molecule has 1 fully saturated rings. The van der Waals surface area contributed by atoms with Crippen molar-refractivity contribution in [2.45, 2.75) is 25.7 Å². The Bertz CT molecular complexity index is 623. The van der Waals surface area contributed by atoms with Gasteiger partial charge in [0.05, 0.1) is 0 Å². The summed E-state index contributed by atoms with van der Waals surface area (Å²) in [5.74, 6) is -0.277. The lowest BCUT2D eigenvalue weighted by atomic mass is 10.1. The van der Waals surface area contributed by atoms with Gasteiger partial charge in [-0.3, -0.25) is 18.7 Å². The van der Waals surface area contributed by atoms with Crippen molar-refractivity contribution in [2.75, 3.05) is 11.1 Å². The van der Waals surface area contributed by atoms with Crippen molar-refractivity contribution in [3.8, 4) is 0 Å². The molecule has 0 radical (unpaired) electrons. The van der Waals surface area contributed by atoms with Gasteiger partial charge in [0.1, 0.15) is 11.5 Å². The molecule has 19 heavy (non-hydrogen) atoms. The lowest BCUT2D eigenvalue weighted by molar-refractivity contribution is -0.119. The highest BCUT2D eigenvalue weighted by molar-refractivity contribution is 5.94. The van der Waals surface area contributed by atoms with Crippen LogP contribution in [-0.4, -0.2) is 15.0 Å². The highest BCUT2D eigenvalue weighted by Gasteiger charge is 2.25. The first kappa shape index (κ1) is 13.4. The van der Waals surface area contributed by atoms with Crippen LogP contribution in [0.25, 0.3) is 0 Å². The van der Waals surface area contributed by atoms with Gasteiger partial charge in [-0.2, -0.15) is 0 Å². The van der Waals surface area contributed by atoms with E-state index in [-0.39, 0.29) is 23.3 Å². The van der Waals surface area contributed by atoms with Crippen LogP contribution >= 0.6 is 0 Å². The Hall–Kier alpha value is -2.05. The fraction of sp³-hybridized carbons (Fsp3) is 0.583. The van der Waals surface area contributed by atoms with Gasteiger partial charge in [0, 0.05) is 20.0 Å².